The van der Waals surface area contributed by atoms with Gasteiger partial charge in [-0.2, -0.15) is 0 Å². The fourth-order valence-electron chi connectivity index (χ4n) is 14.0. The number of carbonyl (C=O) groups is 2. The number of aliphatic hydroxyl groups excluding tert-OH is 7. The Bertz CT molecular complexity index is 1590. The zero-order valence-corrected chi connectivity index (χ0v) is 35.3. The highest BCUT2D eigenvalue weighted by molar-refractivity contribution is 5.78. The quantitative estimate of drug-likeness (QED) is 0.110. The molecule has 21 atom stereocenters. The molecule has 0 spiro atoms. The number of hydrogen-bond acceptors (Lipinski definition) is 15. The Morgan fingerprint density at radius 1 is 0.810 bits per heavy atom. The lowest BCUT2D eigenvalue weighted by Crippen LogP contribution is -2.70. The van der Waals surface area contributed by atoms with E-state index in [0.717, 1.165) is 45.6 Å². The third-order valence-corrected chi connectivity index (χ3v) is 17.6. The molecular formula is C43H68O15. The maximum atomic E-state index is 13.7. The Labute approximate surface area is 341 Å². The average Bonchev–Trinajstić information content (AvgIpc) is 3.19. The van der Waals surface area contributed by atoms with E-state index >= 15 is 0 Å². The van der Waals surface area contributed by atoms with Crippen LogP contribution in [-0.4, -0.2) is 143 Å². The molecule has 0 bridgehead atoms. The van der Waals surface area contributed by atoms with Crippen molar-refractivity contribution < 1.29 is 73.8 Å². The van der Waals surface area contributed by atoms with Crippen molar-refractivity contribution in [1.29, 1.82) is 0 Å². The standard InChI is InChI=1S/C43H68O15/c1-20-11-14-43(38(52)54-8)16-15-41(5)22(27(43)21(20)2)9-10-26-39(3)17-23(45)34(40(4,19-44)25(39)12-13-42(26,41)6)58-37-33(30(49)29(48)32(56-37)35(51)53-7)57-36-31(50)28(47)24(46)18-55-36/h9,20-21,23-34,36-37,44-50H,10-19H2,1-8H3/t20-,21+,23-,24+,25-,26-,27+,28+,29+,30+,31-,32+,33-,34+,36+,37+,39+,40+,41-,42-,43+/m1/s1. The number of allylic oxidation sites excluding steroid dienone is 2. The summed E-state index contributed by atoms with van der Waals surface area (Å²) in [6, 6.07) is 0. The van der Waals surface area contributed by atoms with Crippen molar-refractivity contribution in [3.05, 3.63) is 11.6 Å². The third-order valence-electron chi connectivity index (χ3n) is 17.6. The maximum absolute atomic E-state index is 13.7. The van der Waals surface area contributed by atoms with E-state index in [0.29, 0.717) is 24.7 Å². The van der Waals surface area contributed by atoms with Crippen LogP contribution >= 0.6 is 0 Å². The molecule has 58 heavy (non-hydrogen) atoms. The molecule has 0 radical (unpaired) electrons. The van der Waals surface area contributed by atoms with Gasteiger partial charge < -0.3 is 64.2 Å². The summed E-state index contributed by atoms with van der Waals surface area (Å²) >= 11 is 0. The summed E-state index contributed by atoms with van der Waals surface area (Å²) in [5, 5.41) is 77.1. The minimum atomic E-state index is -1.86. The van der Waals surface area contributed by atoms with Gasteiger partial charge in [0.25, 0.3) is 0 Å². The summed E-state index contributed by atoms with van der Waals surface area (Å²) in [6.07, 6.45) is -9.04. The van der Waals surface area contributed by atoms with Crippen molar-refractivity contribution in [2.24, 2.45) is 56.7 Å². The van der Waals surface area contributed by atoms with Gasteiger partial charge in [-0.25, -0.2) is 4.79 Å². The summed E-state index contributed by atoms with van der Waals surface area (Å²) in [5.74, 6) is -0.329. The topological polar surface area (TPSA) is 231 Å². The molecule has 2 aliphatic heterocycles. The highest BCUT2D eigenvalue weighted by atomic mass is 16.8. The zero-order chi connectivity index (χ0) is 42.5. The number of ether oxygens (including phenoxy) is 6. The summed E-state index contributed by atoms with van der Waals surface area (Å²) < 4.78 is 34.3. The van der Waals surface area contributed by atoms with Crippen molar-refractivity contribution in [2.45, 2.75) is 160 Å². The van der Waals surface area contributed by atoms with Gasteiger partial charge in [0.2, 0.25) is 0 Å². The predicted molar refractivity (Wildman–Crippen MR) is 204 cm³/mol. The van der Waals surface area contributed by atoms with E-state index in [4.69, 9.17) is 28.4 Å². The van der Waals surface area contributed by atoms with Crippen LogP contribution in [0.5, 0.6) is 0 Å². The number of rotatable bonds is 7. The Kier molecular flexibility index (Phi) is 11.9. The molecule has 2 saturated heterocycles. The number of esters is 2. The van der Waals surface area contributed by atoms with E-state index in [-0.39, 0.29) is 41.2 Å². The van der Waals surface area contributed by atoms with Crippen molar-refractivity contribution >= 4 is 11.9 Å². The molecule has 0 aromatic carbocycles. The lowest BCUT2D eigenvalue weighted by atomic mass is 9.33. The van der Waals surface area contributed by atoms with Crippen molar-refractivity contribution in [3.8, 4) is 0 Å². The summed E-state index contributed by atoms with van der Waals surface area (Å²) in [4.78, 5) is 26.5. The fourth-order valence-corrected chi connectivity index (χ4v) is 14.0. The van der Waals surface area contributed by atoms with Gasteiger partial charge in [-0.3, -0.25) is 4.79 Å². The van der Waals surface area contributed by atoms with Crippen LogP contribution in [-0.2, 0) is 38.0 Å². The Morgan fingerprint density at radius 3 is 2.17 bits per heavy atom. The molecule has 4 saturated carbocycles. The van der Waals surface area contributed by atoms with E-state index in [2.05, 4.69) is 40.7 Å². The highest BCUT2D eigenvalue weighted by Gasteiger charge is 2.71. The van der Waals surface area contributed by atoms with Crippen LogP contribution in [0.25, 0.3) is 0 Å². The maximum Gasteiger partial charge on any atom is 0.337 e. The third kappa shape index (κ3) is 6.30. The summed E-state index contributed by atoms with van der Waals surface area (Å²) in [7, 11) is 2.60. The lowest BCUT2D eigenvalue weighted by molar-refractivity contribution is -0.373. The second-order valence-electron chi connectivity index (χ2n) is 20.1. The van der Waals surface area contributed by atoms with Crippen LogP contribution in [0.15, 0.2) is 11.6 Å². The molecular weight excluding hydrogens is 756 g/mol. The number of fused-ring (bicyclic) bond motifs is 7. The molecule has 330 valence electrons. The van der Waals surface area contributed by atoms with E-state index < -0.39 is 96.3 Å². The second-order valence-corrected chi connectivity index (χ2v) is 20.1. The zero-order valence-electron chi connectivity index (χ0n) is 35.3. The monoisotopic (exact) mass is 824 g/mol. The first kappa shape index (κ1) is 44.3. The molecule has 0 aromatic heterocycles. The Morgan fingerprint density at radius 2 is 1.52 bits per heavy atom. The number of aliphatic hydroxyl groups is 7. The molecule has 2 heterocycles. The smallest absolute Gasteiger partial charge is 0.337 e. The molecule has 0 amide bonds. The van der Waals surface area contributed by atoms with Gasteiger partial charge in [0.15, 0.2) is 18.7 Å². The van der Waals surface area contributed by atoms with Gasteiger partial charge in [0.1, 0.15) is 36.6 Å². The summed E-state index contributed by atoms with van der Waals surface area (Å²) in [5.41, 5.74) is -1.16. The van der Waals surface area contributed by atoms with Crippen molar-refractivity contribution in [3.63, 3.8) is 0 Å². The van der Waals surface area contributed by atoms with Gasteiger partial charge in [-0.05, 0) is 97.2 Å². The molecule has 5 aliphatic carbocycles. The molecule has 7 rings (SSSR count). The first-order valence-corrected chi connectivity index (χ1v) is 21.3. The minimum absolute atomic E-state index is 0.0741. The van der Waals surface area contributed by atoms with Crippen LogP contribution < -0.4 is 0 Å². The first-order chi connectivity index (χ1) is 27.2. The number of carbonyl (C=O) groups excluding carboxylic acids is 2. The Hall–Kier alpha value is -1.76. The van der Waals surface area contributed by atoms with Gasteiger partial charge in [-0.1, -0.05) is 53.2 Å². The SMILES string of the molecule is COC(=O)[C@H]1O[C@@H](O[C@H]2[C@H](O)C[C@@]3(C)[C@@H](CC[C@]4(C)[C@@H]3CC=C3[C@@H]5[C@@H](C)[C@H](C)CC[C@]5(C(=O)OC)CC[C@]34C)[C@]2(C)CO)[C@H](O[C@@H]2OC[C@H](O)[C@H](O)[C@H]2O)[C@@H](O)[C@@H]1O. The summed E-state index contributed by atoms with van der Waals surface area (Å²) in [6.45, 7) is 12.7. The molecule has 15 heteroatoms. The molecule has 6 fully saturated rings. The fraction of sp³-hybridized carbons (Fsp3) is 0.907. The predicted octanol–water partition coefficient (Wildman–Crippen LogP) is 1.59. The van der Waals surface area contributed by atoms with Gasteiger partial charge >= 0.3 is 11.9 Å². The Balaban J connectivity index is 1.21. The van der Waals surface area contributed by atoms with E-state index in [1.165, 1.54) is 12.7 Å². The molecule has 15 nitrogen and oxygen atoms in total. The second kappa shape index (κ2) is 15.5. The average molecular weight is 825 g/mol. The van der Waals surface area contributed by atoms with Crippen molar-refractivity contribution in [1.82, 2.24) is 0 Å². The molecule has 0 unspecified atom stereocenters. The van der Waals surface area contributed by atoms with Crippen LogP contribution in [0.4, 0.5) is 0 Å². The van der Waals surface area contributed by atoms with Crippen LogP contribution in [0.1, 0.15) is 92.9 Å². The molecule has 0 aromatic rings. The van der Waals surface area contributed by atoms with Gasteiger partial charge in [-0.15, -0.1) is 0 Å². The first-order valence-electron chi connectivity index (χ1n) is 21.3. The minimum Gasteiger partial charge on any atom is -0.469 e. The lowest BCUT2D eigenvalue weighted by Gasteiger charge is -2.72. The van der Waals surface area contributed by atoms with Crippen LogP contribution in [0.3, 0.4) is 0 Å². The largest absolute Gasteiger partial charge is 0.469 e. The van der Waals surface area contributed by atoms with Gasteiger partial charge in [0, 0.05) is 5.41 Å². The number of methoxy groups -OCH3 is 2. The highest BCUT2D eigenvalue weighted by Crippen LogP contribution is 2.76. The van der Waals surface area contributed by atoms with Crippen LogP contribution in [0.2, 0.25) is 0 Å². The molecule has 7 N–H and O–H groups in total. The van der Waals surface area contributed by atoms with E-state index in [1.807, 2.05) is 6.92 Å². The normalized spacial score (nSPS) is 54.2. The number of hydrogen-bond donors (Lipinski definition) is 7. The van der Waals surface area contributed by atoms with E-state index in [9.17, 15) is 45.3 Å². The molecule has 7 aliphatic rings. The van der Waals surface area contributed by atoms with Crippen LogP contribution in [0, 0.1) is 56.7 Å². The van der Waals surface area contributed by atoms with E-state index in [1.54, 1.807) is 0 Å². The van der Waals surface area contributed by atoms with Crippen molar-refractivity contribution in [2.75, 3.05) is 27.4 Å². The van der Waals surface area contributed by atoms with Gasteiger partial charge in [0.05, 0.1) is 45.1 Å².